The van der Waals surface area contributed by atoms with Crippen LogP contribution in [0.2, 0.25) is 0 Å². The minimum absolute atomic E-state index is 0.0231. The first kappa shape index (κ1) is 9.16. The predicted molar refractivity (Wildman–Crippen MR) is 45.9 cm³/mol. The number of para-hydroxylation sites is 1. The lowest BCUT2D eigenvalue weighted by molar-refractivity contribution is 0.101. The van der Waals surface area contributed by atoms with Crippen LogP contribution in [0.5, 0.6) is 5.75 Å². The van der Waals surface area contributed by atoms with Gasteiger partial charge in [-0.15, -0.1) is 0 Å². The van der Waals surface area contributed by atoms with E-state index in [9.17, 15) is 14.7 Å². The second-order valence-electron chi connectivity index (χ2n) is 2.43. The third kappa shape index (κ3) is 1.80. The number of phenolic OH excluding ortho intramolecular Hbond substituents is 1. The summed E-state index contributed by atoms with van der Waals surface area (Å²) in [7, 11) is 0. The third-order valence-electron chi connectivity index (χ3n) is 1.55. The predicted octanol–water partition coefficient (Wildman–Crippen LogP) is 1.56. The van der Waals surface area contributed by atoms with Gasteiger partial charge >= 0.3 is 0 Å². The average Bonchev–Trinajstić information content (AvgIpc) is 2.08. The fraction of sp³-hybridized carbons (Fsp3) is 0.111. The molecule has 0 saturated carbocycles. The molecule has 0 spiro atoms. The SMILES string of the molecule is CC(=O)c1cccc(O)c1N=C=O. The van der Waals surface area contributed by atoms with Gasteiger partial charge in [-0.3, -0.25) is 4.79 Å². The lowest BCUT2D eigenvalue weighted by Crippen LogP contribution is -1.91. The number of isocyanates is 1. The van der Waals surface area contributed by atoms with Gasteiger partial charge in [-0.25, -0.2) is 4.79 Å². The molecule has 4 heteroatoms. The maximum Gasteiger partial charge on any atom is 0.240 e. The van der Waals surface area contributed by atoms with Crippen molar-refractivity contribution in [1.82, 2.24) is 0 Å². The van der Waals surface area contributed by atoms with Gasteiger partial charge < -0.3 is 5.11 Å². The van der Waals surface area contributed by atoms with Crippen LogP contribution in [0, 0.1) is 0 Å². The Morgan fingerprint density at radius 1 is 1.54 bits per heavy atom. The number of aliphatic imine (C=N–C) groups is 1. The van der Waals surface area contributed by atoms with Gasteiger partial charge in [-0.1, -0.05) is 6.07 Å². The van der Waals surface area contributed by atoms with Gasteiger partial charge in [0.2, 0.25) is 6.08 Å². The molecule has 4 nitrogen and oxygen atoms in total. The van der Waals surface area contributed by atoms with E-state index in [4.69, 9.17) is 0 Å². The number of nitrogens with zero attached hydrogens (tertiary/aromatic N) is 1. The van der Waals surface area contributed by atoms with Crippen LogP contribution >= 0.6 is 0 Å². The van der Waals surface area contributed by atoms with Crippen molar-refractivity contribution < 1.29 is 14.7 Å². The molecule has 0 aliphatic heterocycles. The number of hydrogen-bond donors (Lipinski definition) is 1. The van der Waals surface area contributed by atoms with Gasteiger partial charge in [0, 0.05) is 5.56 Å². The minimum Gasteiger partial charge on any atom is -0.506 e. The van der Waals surface area contributed by atoms with Crippen molar-refractivity contribution in [2.45, 2.75) is 6.92 Å². The molecule has 0 bridgehead atoms. The topological polar surface area (TPSA) is 66.7 Å². The summed E-state index contributed by atoms with van der Waals surface area (Å²) in [5.41, 5.74) is 0.188. The fourth-order valence-electron chi connectivity index (χ4n) is 0.979. The van der Waals surface area contributed by atoms with Crippen molar-refractivity contribution in [3.05, 3.63) is 23.8 Å². The molecule has 0 aliphatic rings. The van der Waals surface area contributed by atoms with Crippen molar-refractivity contribution in [3.8, 4) is 5.75 Å². The van der Waals surface area contributed by atoms with Crippen LogP contribution in [0.15, 0.2) is 23.2 Å². The molecule has 0 saturated heterocycles. The van der Waals surface area contributed by atoms with Gasteiger partial charge in [0.05, 0.1) is 0 Å². The Kier molecular flexibility index (Phi) is 2.57. The van der Waals surface area contributed by atoms with E-state index in [0.29, 0.717) is 0 Å². The van der Waals surface area contributed by atoms with Crippen molar-refractivity contribution in [3.63, 3.8) is 0 Å². The van der Waals surface area contributed by atoms with Crippen LogP contribution in [-0.4, -0.2) is 17.0 Å². The summed E-state index contributed by atoms with van der Waals surface area (Å²) < 4.78 is 0. The summed E-state index contributed by atoms with van der Waals surface area (Å²) in [6.07, 6.45) is 1.28. The number of benzene rings is 1. The molecule has 13 heavy (non-hydrogen) atoms. The first-order valence-corrected chi connectivity index (χ1v) is 3.57. The van der Waals surface area contributed by atoms with E-state index < -0.39 is 0 Å². The molecule has 0 fully saturated rings. The number of carbonyl (C=O) groups is 1. The van der Waals surface area contributed by atoms with Gasteiger partial charge in [-0.2, -0.15) is 4.99 Å². The number of carbonyl (C=O) groups excluding carboxylic acids is 2. The van der Waals surface area contributed by atoms with E-state index in [1.54, 1.807) is 0 Å². The third-order valence-corrected chi connectivity index (χ3v) is 1.55. The zero-order valence-corrected chi connectivity index (χ0v) is 6.94. The quantitative estimate of drug-likeness (QED) is 0.423. The Bertz CT molecular complexity index is 392. The van der Waals surface area contributed by atoms with Crippen LogP contribution in [0.1, 0.15) is 17.3 Å². The van der Waals surface area contributed by atoms with Crippen LogP contribution in [0.4, 0.5) is 5.69 Å². The molecule has 0 heterocycles. The first-order valence-electron chi connectivity index (χ1n) is 3.57. The van der Waals surface area contributed by atoms with E-state index in [1.165, 1.54) is 31.2 Å². The summed E-state index contributed by atoms with van der Waals surface area (Å²) in [5.74, 6) is -0.457. The Morgan fingerprint density at radius 2 is 2.23 bits per heavy atom. The molecule has 0 unspecified atom stereocenters. The first-order chi connectivity index (χ1) is 6.16. The molecule has 1 aromatic rings. The summed E-state index contributed by atoms with van der Waals surface area (Å²) in [4.78, 5) is 24.2. The summed E-state index contributed by atoms with van der Waals surface area (Å²) in [6.45, 7) is 1.33. The number of aromatic hydroxyl groups is 1. The smallest absolute Gasteiger partial charge is 0.240 e. The highest BCUT2D eigenvalue weighted by atomic mass is 16.3. The Hall–Kier alpha value is -1.93. The Balaban J connectivity index is 3.42. The monoisotopic (exact) mass is 177 g/mol. The largest absolute Gasteiger partial charge is 0.506 e. The van der Waals surface area contributed by atoms with E-state index in [-0.39, 0.29) is 22.8 Å². The van der Waals surface area contributed by atoms with Crippen LogP contribution < -0.4 is 0 Å². The second kappa shape index (κ2) is 3.65. The van der Waals surface area contributed by atoms with Crippen LogP contribution in [0.3, 0.4) is 0 Å². The lowest BCUT2D eigenvalue weighted by atomic mass is 10.1. The molecular formula is C9H7NO3. The normalized spacial score (nSPS) is 9.00. The van der Waals surface area contributed by atoms with E-state index in [2.05, 4.69) is 4.99 Å². The molecule has 1 aromatic carbocycles. The van der Waals surface area contributed by atoms with E-state index >= 15 is 0 Å². The zero-order chi connectivity index (χ0) is 9.84. The van der Waals surface area contributed by atoms with Gasteiger partial charge in [0.15, 0.2) is 5.78 Å². The molecule has 0 radical (unpaired) electrons. The molecule has 0 amide bonds. The molecule has 0 aliphatic carbocycles. The number of phenols is 1. The highest BCUT2D eigenvalue weighted by Crippen LogP contribution is 2.29. The maximum absolute atomic E-state index is 11.0. The zero-order valence-electron chi connectivity index (χ0n) is 6.94. The summed E-state index contributed by atoms with van der Waals surface area (Å²) in [5, 5.41) is 9.25. The van der Waals surface area contributed by atoms with Crippen molar-refractivity contribution in [1.29, 1.82) is 0 Å². The highest BCUT2D eigenvalue weighted by molar-refractivity contribution is 6.00. The lowest BCUT2D eigenvalue weighted by Gasteiger charge is -2.01. The van der Waals surface area contributed by atoms with Crippen molar-refractivity contribution in [2.75, 3.05) is 0 Å². The highest BCUT2D eigenvalue weighted by Gasteiger charge is 2.09. The van der Waals surface area contributed by atoms with Crippen molar-refractivity contribution >= 4 is 17.6 Å². The summed E-state index contributed by atoms with van der Waals surface area (Å²) >= 11 is 0. The van der Waals surface area contributed by atoms with Gasteiger partial charge in [0.25, 0.3) is 0 Å². The number of rotatable bonds is 2. The molecule has 66 valence electrons. The molecule has 1 N–H and O–H groups in total. The Labute approximate surface area is 74.5 Å². The van der Waals surface area contributed by atoms with E-state index in [1.807, 2.05) is 0 Å². The molecular weight excluding hydrogens is 170 g/mol. The fourth-order valence-corrected chi connectivity index (χ4v) is 0.979. The molecule has 0 aromatic heterocycles. The second-order valence-corrected chi connectivity index (χ2v) is 2.43. The van der Waals surface area contributed by atoms with Gasteiger partial charge in [0.1, 0.15) is 11.4 Å². The minimum atomic E-state index is -0.259. The molecule has 0 atom stereocenters. The average molecular weight is 177 g/mol. The number of ketones is 1. The van der Waals surface area contributed by atoms with Crippen molar-refractivity contribution in [2.24, 2.45) is 4.99 Å². The standard InChI is InChI=1S/C9H7NO3/c1-6(12)7-3-2-4-8(13)9(7)10-5-11/h2-4,13H,1H3. The van der Waals surface area contributed by atoms with Crippen LogP contribution in [0.25, 0.3) is 0 Å². The van der Waals surface area contributed by atoms with Gasteiger partial charge in [-0.05, 0) is 19.1 Å². The Morgan fingerprint density at radius 3 is 2.77 bits per heavy atom. The number of hydrogen-bond acceptors (Lipinski definition) is 4. The van der Waals surface area contributed by atoms with E-state index in [0.717, 1.165) is 0 Å². The number of Topliss-reactive ketones (excluding diaryl/α,β-unsaturated/α-hetero) is 1. The molecule has 1 rings (SSSR count). The summed E-state index contributed by atoms with van der Waals surface area (Å²) in [6, 6.07) is 4.34. The van der Waals surface area contributed by atoms with Crippen LogP contribution in [-0.2, 0) is 4.79 Å². The maximum atomic E-state index is 11.0.